The molecular formula is C30H42O3PSi+. The third kappa shape index (κ3) is 6.70. The maximum absolute atomic E-state index is 6.20. The average molecular weight is 510 g/mol. The molecule has 0 radical (unpaired) electrons. The highest BCUT2D eigenvalue weighted by Crippen LogP contribution is 2.56. The summed E-state index contributed by atoms with van der Waals surface area (Å²) >= 11 is 0. The lowest BCUT2D eigenvalue weighted by atomic mass is 10.2. The van der Waals surface area contributed by atoms with Crippen molar-refractivity contribution in [2.24, 2.45) is 0 Å². The second kappa shape index (κ2) is 12.9. The van der Waals surface area contributed by atoms with E-state index in [4.69, 9.17) is 13.3 Å². The van der Waals surface area contributed by atoms with Crippen LogP contribution in [0.2, 0.25) is 6.04 Å². The van der Waals surface area contributed by atoms with Crippen LogP contribution >= 0.6 is 7.26 Å². The minimum atomic E-state index is -2.71. The molecule has 5 heteroatoms. The van der Waals surface area contributed by atoms with E-state index in [2.05, 4.69) is 93.6 Å². The standard InChI is InChI=1S/C30H42O3PSi/c1-7-31-35(32-8-2,33-9-3)24-10-23-34(28-17-11-25(4)12-18-28,29-19-13-26(5)14-20-29)30-21-15-27(6)16-22-30/h11-22H,7-10,23-24H2,1-6H3/q+1. The van der Waals surface area contributed by atoms with Gasteiger partial charge in [0.1, 0.15) is 23.2 Å². The fourth-order valence-corrected chi connectivity index (χ4v) is 12.0. The van der Waals surface area contributed by atoms with E-state index in [0.717, 1.165) is 18.6 Å². The van der Waals surface area contributed by atoms with Gasteiger partial charge >= 0.3 is 8.80 Å². The first-order valence-electron chi connectivity index (χ1n) is 12.9. The Morgan fingerprint density at radius 3 is 1.14 bits per heavy atom. The van der Waals surface area contributed by atoms with E-state index in [-0.39, 0.29) is 0 Å². The largest absolute Gasteiger partial charge is 0.501 e. The third-order valence-corrected chi connectivity index (χ3v) is 14.2. The summed E-state index contributed by atoms with van der Waals surface area (Å²) in [7, 11) is -4.61. The van der Waals surface area contributed by atoms with Gasteiger partial charge in [0.2, 0.25) is 0 Å². The van der Waals surface area contributed by atoms with Crippen LogP contribution in [-0.2, 0) is 13.3 Å². The zero-order chi connectivity index (χ0) is 25.3. The van der Waals surface area contributed by atoms with Crippen LogP contribution in [0.1, 0.15) is 43.9 Å². The Morgan fingerprint density at radius 1 is 0.543 bits per heavy atom. The molecule has 0 aliphatic heterocycles. The summed E-state index contributed by atoms with van der Waals surface area (Å²) in [5.74, 6) is 0. The molecule has 0 saturated carbocycles. The maximum Gasteiger partial charge on any atom is 0.501 e. The van der Waals surface area contributed by atoms with E-state index in [1.165, 1.54) is 32.6 Å². The molecule has 0 bridgehead atoms. The van der Waals surface area contributed by atoms with Gasteiger partial charge in [-0.1, -0.05) is 53.1 Å². The first-order valence-corrected chi connectivity index (χ1v) is 16.8. The lowest BCUT2D eigenvalue weighted by Crippen LogP contribution is -2.46. The van der Waals surface area contributed by atoms with Gasteiger partial charge in [-0.3, -0.25) is 0 Å². The summed E-state index contributed by atoms with van der Waals surface area (Å²) in [6.45, 7) is 14.4. The molecule has 3 aromatic carbocycles. The van der Waals surface area contributed by atoms with Crippen LogP contribution in [0.3, 0.4) is 0 Å². The van der Waals surface area contributed by atoms with Crippen molar-refractivity contribution in [3.8, 4) is 0 Å². The van der Waals surface area contributed by atoms with E-state index in [1.807, 2.05) is 20.8 Å². The Hall–Kier alpha value is -1.81. The van der Waals surface area contributed by atoms with E-state index in [9.17, 15) is 0 Å². The average Bonchev–Trinajstić information content (AvgIpc) is 2.84. The van der Waals surface area contributed by atoms with Crippen molar-refractivity contribution in [2.75, 3.05) is 26.0 Å². The highest BCUT2D eigenvalue weighted by Gasteiger charge is 2.47. The van der Waals surface area contributed by atoms with Crippen molar-refractivity contribution in [3.63, 3.8) is 0 Å². The van der Waals surface area contributed by atoms with Crippen LogP contribution in [-0.4, -0.2) is 34.8 Å². The van der Waals surface area contributed by atoms with Gasteiger partial charge in [-0.15, -0.1) is 0 Å². The minimum absolute atomic E-state index is 0.612. The maximum atomic E-state index is 6.20. The van der Waals surface area contributed by atoms with Gasteiger partial charge in [-0.05, 0) is 84.4 Å². The fraction of sp³-hybridized carbons (Fsp3) is 0.400. The predicted molar refractivity (Wildman–Crippen MR) is 154 cm³/mol. The summed E-state index contributed by atoms with van der Waals surface area (Å²) in [4.78, 5) is 0. The Morgan fingerprint density at radius 2 is 0.857 bits per heavy atom. The number of aryl methyl sites for hydroxylation is 3. The summed E-state index contributed by atoms with van der Waals surface area (Å²) in [6.07, 6.45) is 2.03. The summed E-state index contributed by atoms with van der Waals surface area (Å²) in [6, 6.07) is 28.5. The van der Waals surface area contributed by atoms with Gasteiger partial charge in [0.05, 0.1) is 6.16 Å². The van der Waals surface area contributed by atoms with Gasteiger partial charge in [0, 0.05) is 25.9 Å². The number of rotatable bonds is 13. The zero-order valence-corrected chi connectivity index (χ0v) is 24.2. The molecular weight excluding hydrogens is 467 g/mol. The molecule has 0 amide bonds. The Bertz CT molecular complexity index is 905. The molecule has 188 valence electrons. The molecule has 0 saturated heterocycles. The topological polar surface area (TPSA) is 27.7 Å². The molecule has 0 aliphatic rings. The molecule has 0 atom stereocenters. The predicted octanol–water partition coefficient (Wildman–Crippen LogP) is 6.34. The molecule has 3 nitrogen and oxygen atoms in total. The summed E-state index contributed by atoms with van der Waals surface area (Å²) in [5.41, 5.74) is 3.86. The second-order valence-corrected chi connectivity index (χ2v) is 15.5. The van der Waals surface area contributed by atoms with Gasteiger partial charge in [-0.2, -0.15) is 0 Å². The number of hydrogen-bond donors (Lipinski definition) is 0. The highest BCUT2D eigenvalue weighted by molar-refractivity contribution is 7.95. The SMILES string of the molecule is CCO[Si](CCC[P+](c1ccc(C)cc1)(c1ccc(C)cc1)c1ccc(C)cc1)(OCC)OCC. The molecule has 3 rings (SSSR count). The number of hydrogen-bond acceptors (Lipinski definition) is 3. The smallest absolute Gasteiger partial charge is 0.374 e. The third-order valence-electron chi connectivity index (χ3n) is 6.49. The Kier molecular flexibility index (Phi) is 10.3. The normalized spacial score (nSPS) is 12.2. The molecule has 0 unspecified atom stereocenters. The quantitative estimate of drug-likeness (QED) is 0.199. The van der Waals surface area contributed by atoms with Gasteiger partial charge in [-0.25, -0.2) is 0 Å². The lowest BCUT2D eigenvalue weighted by molar-refractivity contribution is 0.0712. The van der Waals surface area contributed by atoms with E-state index in [0.29, 0.717) is 19.8 Å². The van der Waals surface area contributed by atoms with Crippen molar-refractivity contribution in [2.45, 2.75) is 54.0 Å². The van der Waals surface area contributed by atoms with Crippen LogP contribution < -0.4 is 15.9 Å². The van der Waals surface area contributed by atoms with Crippen molar-refractivity contribution < 1.29 is 13.3 Å². The Balaban J connectivity index is 2.11. The molecule has 0 spiro atoms. The fourth-order valence-electron chi connectivity index (χ4n) is 4.77. The molecule has 0 aliphatic carbocycles. The molecule has 0 N–H and O–H groups in total. The van der Waals surface area contributed by atoms with Gasteiger partial charge in [0.15, 0.2) is 0 Å². The van der Waals surface area contributed by atoms with Crippen LogP contribution in [0.5, 0.6) is 0 Å². The first kappa shape index (κ1) is 27.8. The van der Waals surface area contributed by atoms with Crippen LogP contribution in [0, 0.1) is 20.8 Å². The van der Waals surface area contributed by atoms with Crippen LogP contribution in [0.15, 0.2) is 72.8 Å². The van der Waals surface area contributed by atoms with E-state index in [1.54, 1.807) is 0 Å². The van der Waals surface area contributed by atoms with Gasteiger partial charge < -0.3 is 13.3 Å². The first-order chi connectivity index (χ1) is 16.9. The zero-order valence-electron chi connectivity index (χ0n) is 22.3. The van der Waals surface area contributed by atoms with Crippen molar-refractivity contribution in [1.29, 1.82) is 0 Å². The molecule has 0 fully saturated rings. The molecule has 35 heavy (non-hydrogen) atoms. The minimum Gasteiger partial charge on any atom is -0.374 e. The van der Waals surface area contributed by atoms with Crippen LogP contribution in [0.4, 0.5) is 0 Å². The van der Waals surface area contributed by atoms with E-state index >= 15 is 0 Å². The molecule has 0 aromatic heterocycles. The van der Waals surface area contributed by atoms with Crippen LogP contribution in [0.25, 0.3) is 0 Å². The van der Waals surface area contributed by atoms with Crippen molar-refractivity contribution in [3.05, 3.63) is 89.5 Å². The van der Waals surface area contributed by atoms with Crippen molar-refractivity contribution >= 4 is 32.0 Å². The molecule has 3 aromatic rings. The Labute approximate surface area is 214 Å². The summed E-state index contributed by atoms with van der Waals surface area (Å²) in [5, 5.41) is 4.27. The lowest BCUT2D eigenvalue weighted by Gasteiger charge is -2.31. The highest BCUT2D eigenvalue weighted by atomic mass is 31.2. The van der Waals surface area contributed by atoms with Crippen molar-refractivity contribution in [1.82, 2.24) is 0 Å². The monoisotopic (exact) mass is 509 g/mol. The number of benzene rings is 3. The molecule has 0 heterocycles. The van der Waals surface area contributed by atoms with Gasteiger partial charge in [0.25, 0.3) is 0 Å². The second-order valence-electron chi connectivity index (χ2n) is 9.13. The van der Waals surface area contributed by atoms with E-state index < -0.39 is 16.1 Å². The summed E-state index contributed by atoms with van der Waals surface area (Å²) < 4.78 is 18.6.